The van der Waals surface area contributed by atoms with Crippen molar-refractivity contribution in [3.63, 3.8) is 0 Å². The Labute approximate surface area is 107 Å². The molecule has 4 nitrogen and oxygen atoms in total. The molecule has 1 amide bonds. The first kappa shape index (κ1) is 12.8. The monoisotopic (exact) mass is 265 g/mol. The highest BCUT2D eigenvalue weighted by atomic mass is 32.2. The minimum absolute atomic E-state index is 0.0588. The van der Waals surface area contributed by atoms with E-state index in [-0.39, 0.29) is 10.8 Å². The van der Waals surface area contributed by atoms with Crippen molar-refractivity contribution in [1.29, 1.82) is 0 Å². The van der Waals surface area contributed by atoms with Crippen LogP contribution in [0, 0.1) is 11.3 Å². The van der Waals surface area contributed by atoms with Crippen molar-refractivity contribution < 1.29 is 13.2 Å². The van der Waals surface area contributed by atoms with Crippen molar-refractivity contribution in [1.82, 2.24) is 4.72 Å². The number of hydrogen-bond acceptors (Lipinski definition) is 3. The van der Waals surface area contributed by atoms with E-state index >= 15 is 0 Å². The van der Waals surface area contributed by atoms with E-state index in [0.29, 0.717) is 6.42 Å². The Morgan fingerprint density at radius 2 is 2.06 bits per heavy atom. The fourth-order valence-corrected chi connectivity index (χ4v) is 3.01. The van der Waals surface area contributed by atoms with E-state index in [0.717, 1.165) is 0 Å². The Hall–Kier alpha value is -1.62. The molecule has 5 heteroatoms. The molecule has 0 heterocycles. The van der Waals surface area contributed by atoms with E-state index in [4.69, 9.17) is 0 Å². The zero-order valence-electron chi connectivity index (χ0n) is 10.1. The van der Waals surface area contributed by atoms with E-state index < -0.39 is 21.3 Å². The zero-order valence-corrected chi connectivity index (χ0v) is 10.9. The molecule has 0 bridgehead atoms. The Morgan fingerprint density at radius 3 is 2.56 bits per heavy atom. The van der Waals surface area contributed by atoms with Crippen molar-refractivity contribution in [2.75, 3.05) is 0 Å². The largest absolute Gasteiger partial charge is 0.273 e. The van der Waals surface area contributed by atoms with Gasteiger partial charge in [0.1, 0.15) is 0 Å². The van der Waals surface area contributed by atoms with Gasteiger partial charge in [-0.2, -0.15) is 0 Å². The van der Waals surface area contributed by atoms with Crippen molar-refractivity contribution in [2.24, 2.45) is 11.3 Å². The fraction of sp³-hybridized carbons (Fsp3) is 0.308. The molecule has 96 valence electrons. The first-order valence-corrected chi connectivity index (χ1v) is 7.13. The highest BCUT2D eigenvalue weighted by Gasteiger charge is 2.55. The van der Waals surface area contributed by atoms with Crippen LogP contribution in [0.3, 0.4) is 0 Å². The normalized spacial score (nSPS) is 26.4. The van der Waals surface area contributed by atoms with E-state index in [1.165, 1.54) is 12.1 Å². The molecule has 1 fully saturated rings. The Kier molecular flexibility index (Phi) is 3.02. The quantitative estimate of drug-likeness (QED) is 0.843. The standard InChI is InChI=1S/C13H15NO3S/c1-3-10-9-13(10,2)12(15)14-18(16,17)11-7-5-4-6-8-11/h3-8,10H,1,9H2,2H3,(H,14,15)/t10-,13+/m1/s1. The van der Waals surface area contributed by atoms with E-state index in [1.54, 1.807) is 31.2 Å². The molecule has 0 aliphatic heterocycles. The number of benzene rings is 1. The first-order valence-electron chi connectivity index (χ1n) is 5.65. The number of amides is 1. The van der Waals surface area contributed by atoms with Gasteiger partial charge < -0.3 is 0 Å². The molecule has 0 saturated heterocycles. The van der Waals surface area contributed by atoms with Crippen LogP contribution in [0.25, 0.3) is 0 Å². The molecule has 2 atom stereocenters. The lowest BCUT2D eigenvalue weighted by molar-refractivity contribution is -0.124. The predicted molar refractivity (Wildman–Crippen MR) is 68.2 cm³/mol. The minimum Gasteiger partial charge on any atom is -0.273 e. The van der Waals surface area contributed by atoms with Gasteiger partial charge in [0.05, 0.1) is 10.3 Å². The van der Waals surface area contributed by atoms with E-state index in [9.17, 15) is 13.2 Å². The summed E-state index contributed by atoms with van der Waals surface area (Å²) in [5.41, 5.74) is -0.635. The van der Waals surface area contributed by atoms with Crippen LogP contribution in [-0.2, 0) is 14.8 Å². The van der Waals surface area contributed by atoms with Crippen LogP contribution < -0.4 is 4.72 Å². The van der Waals surface area contributed by atoms with Crippen LogP contribution >= 0.6 is 0 Å². The molecule has 1 aliphatic rings. The number of allylic oxidation sites excluding steroid dienone is 1. The second kappa shape index (κ2) is 4.24. The van der Waals surface area contributed by atoms with Crippen molar-refractivity contribution in [3.8, 4) is 0 Å². The summed E-state index contributed by atoms with van der Waals surface area (Å²) in [6.45, 7) is 5.37. The van der Waals surface area contributed by atoms with Gasteiger partial charge in [0.25, 0.3) is 10.0 Å². The summed E-state index contributed by atoms with van der Waals surface area (Å²) in [4.78, 5) is 12.0. The van der Waals surface area contributed by atoms with Gasteiger partial charge in [-0.15, -0.1) is 6.58 Å². The number of carbonyl (C=O) groups excluding carboxylic acids is 1. The van der Waals surface area contributed by atoms with Gasteiger partial charge in [0.15, 0.2) is 0 Å². The molecule has 0 aromatic heterocycles. The molecule has 1 N–H and O–H groups in total. The molecule has 1 aromatic carbocycles. The number of rotatable bonds is 4. The third-order valence-corrected chi connectivity index (χ3v) is 4.73. The van der Waals surface area contributed by atoms with Gasteiger partial charge in [0, 0.05) is 0 Å². The molecule has 0 unspecified atom stereocenters. The molecule has 1 aromatic rings. The van der Waals surface area contributed by atoms with Gasteiger partial charge in [0.2, 0.25) is 5.91 Å². The van der Waals surface area contributed by atoms with Crippen LogP contribution in [0.2, 0.25) is 0 Å². The topological polar surface area (TPSA) is 63.2 Å². The highest BCUT2D eigenvalue weighted by molar-refractivity contribution is 7.90. The summed E-state index contributed by atoms with van der Waals surface area (Å²) in [6, 6.07) is 7.86. The highest BCUT2D eigenvalue weighted by Crippen LogP contribution is 2.53. The molecular formula is C13H15NO3S. The van der Waals surface area contributed by atoms with Crippen LogP contribution in [-0.4, -0.2) is 14.3 Å². The van der Waals surface area contributed by atoms with Crippen LogP contribution in [0.1, 0.15) is 13.3 Å². The molecule has 18 heavy (non-hydrogen) atoms. The smallest absolute Gasteiger partial charge is 0.264 e. The minimum atomic E-state index is -3.77. The number of nitrogens with one attached hydrogen (secondary N) is 1. The molecule has 0 radical (unpaired) electrons. The average Bonchev–Trinajstić information content (AvgIpc) is 3.03. The molecule has 1 aliphatic carbocycles. The Balaban J connectivity index is 2.16. The Bertz CT molecular complexity index is 580. The van der Waals surface area contributed by atoms with Crippen LogP contribution in [0.5, 0.6) is 0 Å². The summed E-state index contributed by atoms with van der Waals surface area (Å²) < 4.78 is 26.0. The molecular weight excluding hydrogens is 250 g/mol. The van der Waals surface area contributed by atoms with Gasteiger partial charge in [-0.25, -0.2) is 13.1 Å². The van der Waals surface area contributed by atoms with Crippen LogP contribution in [0.15, 0.2) is 47.9 Å². The zero-order chi connectivity index (χ0) is 13.4. The fourth-order valence-electron chi connectivity index (χ4n) is 1.90. The number of carbonyl (C=O) groups is 1. The first-order chi connectivity index (χ1) is 8.40. The summed E-state index contributed by atoms with van der Waals surface area (Å²) in [5.74, 6) is -0.403. The summed E-state index contributed by atoms with van der Waals surface area (Å²) in [5, 5.41) is 0. The van der Waals surface area contributed by atoms with Crippen molar-refractivity contribution >= 4 is 15.9 Å². The summed E-state index contributed by atoms with van der Waals surface area (Å²) in [7, 11) is -3.77. The maximum Gasteiger partial charge on any atom is 0.264 e. The van der Waals surface area contributed by atoms with Gasteiger partial charge in [-0.05, 0) is 24.5 Å². The predicted octanol–water partition coefficient (Wildman–Crippen LogP) is 1.70. The second-order valence-corrected chi connectivity index (χ2v) is 6.39. The molecule has 0 spiro atoms. The Morgan fingerprint density at radius 1 is 1.44 bits per heavy atom. The van der Waals surface area contributed by atoms with E-state index in [2.05, 4.69) is 11.3 Å². The van der Waals surface area contributed by atoms with Crippen molar-refractivity contribution in [2.45, 2.75) is 18.2 Å². The third-order valence-electron chi connectivity index (χ3n) is 3.39. The summed E-state index contributed by atoms with van der Waals surface area (Å²) in [6.07, 6.45) is 2.33. The average molecular weight is 265 g/mol. The lowest BCUT2D eigenvalue weighted by Gasteiger charge is -2.11. The van der Waals surface area contributed by atoms with E-state index in [1.807, 2.05) is 0 Å². The van der Waals surface area contributed by atoms with Gasteiger partial charge in [-0.1, -0.05) is 31.2 Å². The lowest BCUT2D eigenvalue weighted by atomic mass is 10.1. The SMILES string of the molecule is C=C[C@@H]1C[C@]1(C)C(=O)NS(=O)(=O)c1ccccc1. The number of sulfonamides is 1. The maximum atomic E-state index is 12.0. The van der Waals surface area contributed by atoms with Crippen molar-refractivity contribution in [3.05, 3.63) is 43.0 Å². The lowest BCUT2D eigenvalue weighted by Crippen LogP contribution is -2.36. The van der Waals surface area contributed by atoms with Crippen LogP contribution in [0.4, 0.5) is 0 Å². The third kappa shape index (κ3) is 2.18. The molecule has 2 rings (SSSR count). The van der Waals surface area contributed by atoms with Gasteiger partial charge in [-0.3, -0.25) is 4.79 Å². The summed E-state index contributed by atoms with van der Waals surface area (Å²) >= 11 is 0. The number of hydrogen-bond donors (Lipinski definition) is 1. The van der Waals surface area contributed by atoms with Gasteiger partial charge >= 0.3 is 0 Å². The second-order valence-electron chi connectivity index (χ2n) is 4.71. The molecule has 1 saturated carbocycles. The maximum absolute atomic E-state index is 12.0.